The van der Waals surface area contributed by atoms with Crippen molar-refractivity contribution in [1.29, 1.82) is 0 Å². The van der Waals surface area contributed by atoms with Crippen LogP contribution in [0.5, 0.6) is 0 Å². The maximum absolute atomic E-state index is 13.0. The van der Waals surface area contributed by atoms with Gasteiger partial charge in [0.05, 0.1) is 10.4 Å². The average Bonchev–Trinajstić information content (AvgIpc) is 2.94. The number of rotatable bonds is 4. The monoisotopic (exact) mass is 379 g/mol. The van der Waals surface area contributed by atoms with Gasteiger partial charge >= 0.3 is 0 Å². The van der Waals surface area contributed by atoms with Gasteiger partial charge in [-0.25, -0.2) is 8.42 Å². The maximum atomic E-state index is 13.0. The maximum Gasteiger partial charge on any atom is 0.243 e. The summed E-state index contributed by atoms with van der Waals surface area (Å²) in [6.07, 6.45) is 1.99. The normalized spacial score (nSPS) is 25.6. The Morgan fingerprint density at radius 3 is 2.46 bits per heavy atom. The summed E-state index contributed by atoms with van der Waals surface area (Å²) in [6.45, 7) is 8.45. The number of carbonyl (C=O) groups excluding carboxylic acids is 1. The molecule has 1 N–H and O–H groups in total. The number of hydrogen-bond donors (Lipinski definition) is 1. The van der Waals surface area contributed by atoms with E-state index in [9.17, 15) is 13.2 Å². The second-order valence-electron chi connectivity index (χ2n) is 7.73. The van der Waals surface area contributed by atoms with Crippen LogP contribution >= 0.6 is 0 Å². The Bertz CT molecular complexity index is 761. The number of aryl methyl sites for hydroxylation is 1. The Morgan fingerprint density at radius 2 is 1.85 bits per heavy atom. The third kappa shape index (κ3) is 3.80. The lowest BCUT2D eigenvalue weighted by atomic mass is 9.97. The Hall–Kier alpha value is -1.44. The van der Waals surface area contributed by atoms with Gasteiger partial charge in [-0.15, -0.1) is 0 Å². The van der Waals surface area contributed by atoms with E-state index in [0.29, 0.717) is 43.4 Å². The Kier molecular flexibility index (Phi) is 5.42. The van der Waals surface area contributed by atoms with Crippen molar-refractivity contribution < 1.29 is 13.2 Å². The molecule has 26 heavy (non-hydrogen) atoms. The predicted octanol–water partition coefficient (Wildman–Crippen LogP) is 1.61. The van der Waals surface area contributed by atoms with E-state index in [2.05, 4.69) is 24.1 Å². The Morgan fingerprint density at radius 1 is 1.15 bits per heavy atom. The number of amides is 1. The van der Waals surface area contributed by atoms with Gasteiger partial charge < -0.3 is 5.32 Å². The van der Waals surface area contributed by atoms with E-state index in [1.807, 2.05) is 19.1 Å². The van der Waals surface area contributed by atoms with Gasteiger partial charge in [0.25, 0.3) is 0 Å². The molecule has 2 aliphatic rings. The highest BCUT2D eigenvalue weighted by molar-refractivity contribution is 7.89. The van der Waals surface area contributed by atoms with E-state index < -0.39 is 15.6 Å². The van der Waals surface area contributed by atoms with Crippen molar-refractivity contribution >= 4 is 15.9 Å². The first-order valence-corrected chi connectivity index (χ1v) is 10.8. The van der Waals surface area contributed by atoms with Crippen molar-refractivity contribution in [2.24, 2.45) is 0 Å². The van der Waals surface area contributed by atoms with Crippen LogP contribution in [0, 0.1) is 0 Å². The van der Waals surface area contributed by atoms with Gasteiger partial charge in [-0.05, 0) is 44.4 Å². The van der Waals surface area contributed by atoms with Crippen molar-refractivity contribution in [3.05, 3.63) is 29.8 Å². The van der Waals surface area contributed by atoms with Gasteiger partial charge in [0.15, 0.2) is 0 Å². The lowest BCUT2D eigenvalue weighted by molar-refractivity contribution is -0.122. The zero-order chi connectivity index (χ0) is 18.9. The van der Waals surface area contributed by atoms with Crippen LogP contribution in [0.15, 0.2) is 29.2 Å². The highest BCUT2D eigenvalue weighted by atomic mass is 32.2. The summed E-state index contributed by atoms with van der Waals surface area (Å²) in [5.74, 6) is 0.0136. The van der Waals surface area contributed by atoms with Gasteiger partial charge in [-0.3, -0.25) is 9.69 Å². The average molecular weight is 380 g/mol. The summed E-state index contributed by atoms with van der Waals surface area (Å²) in [6, 6.07) is 7.43. The van der Waals surface area contributed by atoms with Crippen molar-refractivity contribution in [3.63, 3.8) is 0 Å². The molecule has 1 atom stereocenters. The quantitative estimate of drug-likeness (QED) is 0.863. The highest BCUT2D eigenvalue weighted by Gasteiger charge is 2.46. The minimum atomic E-state index is -3.54. The molecule has 6 nitrogen and oxygen atoms in total. The molecular weight excluding hydrogens is 350 g/mol. The van der Waals surface area contributed by atoms with Gasteiger partial charge in [0.1, 0.15) is 0 Å². The second kappa shape index (κ2) is 7.29. The van der Waals surface area contributed by atoms with E-state index in [4.69, 9.17) is 0 Å². The lowest BCUT2D eigenvalue weighted by Crippen LogP contribution is -2.55. The molecule has 2 saturated heterocycles. The first-order chi connectivity index (χ1) is 12.3. The zero-order valence-electron chi connectivity index (χ0n) is 15.9. The van der Waals surface area contributed by atoms with Crippen LogP contribution in [0.1, 0.15) is 39.2 Å². The molecule has 7 heteroatoms. The summed E-state index contributed by atoms with van der Waals surface area (Å²) in [5.41, 5.74) is 0.624. The van der Waals surface area contributed by atoms with E-state index in [-0.39, 0.29) is 5.91 Å². The fourth-order valence-electron chi connectivity index (χ4n) is 3.87. The Labute approximate surface area is 156 Å². The second-order valence-corrected chi connectivity index (χ2v) is 9.67. The van der Waals surface area contributed by atoms with Gasteiger partial charge in [0.2, 0.25) is 15.9 Å². The van der Waals surface area contributed by atoms with E-state index in [1.165, 1.54) is 4.31 Å². The molecular formula is C19H29N3O3S. The number of hydrogen-bond acceptors (Lipinski definition) is 4. The number of sulfonamides is 1. The molecule has 1 amide bonds. The van der Waals surface area contributed by atoms with Crippen LogP contribution in [0.4, 0.5) is 0 Å². The molecule has 1 aromatic rings. The van der Waals surface area contributed by atoms with E-state index in [1.54, 1.807) is 12.1 Å². The highest BCUT2D eigenvalue weighted by Crippen LogP contribution is 2.30. The molecule has 2 aliphatic heterocycles. The molecule has 1 unspecified atom stereocenters. The van der Waals surface area contributed by atoms with Crippen molar-refractivity contribution in [1.82, 2.24) is 14.5 Å². The molecule has 2 fully saturated rings. The SMILES string of the molecule is CCc1ccc(S(=O)(=O)N2CCC3(CN(C(C)C)CCC(=O)N3)C2)cc1. The van der Waals surface area contributed by atoms with Crippen LogP contribution in [0.25, 0.3) is 0 Å². The molecule has 1 aromatic carbocycles. The molecule has 1 spiro atoms. The van der Waals surface area contributed by atoms with Gasteiger partial charge in [0, 0.05) is 38.6 Å². The molecule has 0 aliphatic carbocycles. The van der Waals surface area contributed by atoms with Crippen molar-refractivity contribution in [2.75, 3.05) is 26.2 Å². The summed E-state index contributed by atoms with van der Waals surface area (Å²) in [4.78, 5) is 14.8. The van der Waals surface area contributed by atoms with E-state index in [0.717, 1.165) is 18.5 Å². The number of nitrogens with zero attached hydrogens (tertiary/aromatic N) is 2. The summed E-state index contributed by atoms with van der Waals surface area (Å²) in [5, 5.41) is 3.12. The third-order valence-electron chi connectivity index (χ3n) is 5.55. The lowest BCUT2D eigenvalue weighted by Gasteiger charge is -2.35. The van der Waals surface area contributed by atoms with Crippen LogP contribution < -0.4 is 5.32 Å². The molecule has 2 heterocycles. The first kappa shape index (κ1) is 19.3. The molecule has 0 bridgehead atoms. The summed E-state index contributed by atoms with van der Waals surface area (Å²) >= 11 is 0. The minimum Gasteiger partial charge on any atom is -0.348 e. The minimum absolute atomic E-state index is 0.0136. The predicted molar refractivity (Wildman–Crippen MR) is 101 cm³/mol. The third-order valence-corrected chi connectivity index (χ3v) is 7.41. The van der Waals surface area contributed by atoms with Crippen molar-refractivity contribution in [2.45, 2.75) is 56.5 Å². The number of carbonyl (C=O) groups is 1. The molecule has 0 aromatic heterocycles. The fraction of sp³-hybridized carbons (Fsp3) is 0.632. The summed E-state index contributed by atoms with van der Waals surface area (Å²) in [7, 11) is -3.54. The molecule has 0 saturated carbocycles. The van der Waals surface area contributed by atoms with Gasteiger partial charge in [-0.1, -0.05) is 19.1 Å². The largest absolute Gasteiger partial charge is 0.348 e. The molecule has 3 rings (SSSR count). The van der Waals surface area contributed by atoms with E-state index >= 15 is 0 Å². The van der Waals surface area contributed by atoms with Crippen molar-refractivity contribution in [3.8, 4) is 0 Å². The first-order valence-electron chi connectivity index (χ1n) is 9.40. The number of benzene rings is 1. The molecule has 0 radical (unpaired) electrons. The topological polar surface area (TPSA) is 69.7 Å². The zero-order valence-corrected chi connectivity index (χ0v) is 16.7. The standard InChI is InChI=1S/C19H29N3O3S/c1-4-16-5-7-17(8-6-16)26(24,25)22-12-10-19(14-22)13-21(15(2)3)11-9-18(23)20-19/h5-8,15H,4,9-14H2,1-3H3,(H,20,23). The van der Waals surface area contributed by atoms with Crippen LogP contribution in [0.3, 0.4) is 0 Å². The van der Waals surface area contributed by atoms with Crippen LogP contribution in [-0.2, 0) is 21.2 Å². The molecule has 144 valence electrons. The van der Waals surface area contributed by atoms with Gasteiger partial charge in [-0.2, -0.15) is 4.31 Å². The van der Waals surface area contributed by atoms with Crippen LogP contribution in [0.2, 0.25) is 0 Å². The Balaban J connectivity index is 1.82. The number of nitrogens with one attached hydrogen (secondary N) is 1. The fourth-order valence-corrected chi connectivity index (χ4v) is 5.40. The summed E-state index contributed by atoms with van der Waals surface area (Å²) < 4.78 is 27.6. The van der Waals surface area contributed by atoms with Crippen LogP contribution in [-0.4, -0.2) is 61.3 Å². The smallest absolute Gasteiger partial charge is 0.243 e.